The van der Waals surface area contributed by atoms with Crippen molar-refractivity contribution < 1.29 is 14.3 Å². The predicted octanol–water partition coefficient (Wildman–Crippen LogP) is 0.558. The summed E-state index contributed by atoms with van der Waals surface area (Å²) in [5, 5.41) is 8.19. The van der Waals surface area contributed by atoms with Crippen LogP contribution >= 0.6 is 0 Å². The largest absolute Gasteiger partial charge is 0.481 e. The lowest BCUT2D eigenvalue weighted by molar-refractivity contribution is -0.122. The summed E-state index contributed by atoms with van der Waals surface area (Å²) in [5.41, 5.74) is 0.778. The van der Waals surface area contributed by atoms with E-state index in [1.165, 1.54) is 7.11 Å². The van der Waals surface area contributed by atoms with E-state index in [1.807, 2.05) is 6.07 Å². The molecule has 1 aliphatic rings. The monoisotopic (exact) mass is 292 g/mol. The molecular weight excluding hydrogens is 272 g/mol. The van der Waals surface area contributed by atoms with E-state index in [2.05, 4.69) is 20.9 Å². The van der Waals surface area contributed by atoms with Gasteiger partial charge in [-0.05, 0) is 25.3 Å². The molecule has 7 heteroatoms. The number of aromatic nitrogens is 1. The number of nitrogens with zero attached hydrogens (tertiary/aromatic N) is 1. The van der Waals surface area contributed by atoms with E-state index in [1.54, 1.807) is 12.3 Å². The third-order valence-corrected chi connectivity index (χ3v) is 3.32. The van der Waals surface area contributed by atoms with E-state index >= 15 is 0 Å². The first kappa shape index (κ1) is 15.1. The van der Waals surface area contributed by atoms with Crippen LogP contribution in [0.3, 0.4) is 0 Å². The van der Waals surface area contributed by atoms with Crippen LogP contribution in [-0.2, 0) is 11.3 Å². The molecule has 1 aliphatic heterocycles. The second-order valence-electron chi connectivity index (χ2n) is 4.84. The Morgan fingerprint density at radius 3 is 3.19 bits per heavy atom. The van der Waals surface area contributed by atoms with Gasteiger partial charge in [-0.25, -0.2) is 9.78 Å². The molecular formula is C14H20N4O3. The van der Waals surface area contributed by atoms with Crippen molar-refractivity contribution in [1.29, 1.82) is 0 Å². The van der Waals surface area contributed by atoms with Crippen LogP contribution < -0.4 is 20.7 Å². The fourth-order valence-corrected chi connectivity index (χ4v) is 2.20. The third-order valence-electron chi connectivity index (χ3n) is 3.32. The Morgan fingerprint density at radius 1 is 1.52 bits per heavy atom. The van der Waals surface area contributed by atoms with E-state index in [9.17, 15) is 9.59 Å². The van der Waals surface area contributed by atoms with Crippen LogP contribution in [0.1, 0.15) is 24.8 Å². The fraction of sp³-hybridized carbons (Fsp3) is 0.500. The molecule has 0 saturated carbocycles. The standard InChI is InChI=1S/C14H20N4O3/c1-21-13-10(5-4-8-16-13)9-17-14(20)18-11-6-2-3-7-15-12(11)19/h4-5,8,11H,2-3,6-7,9H2,1H3,(H,15,19)(H2,17,18,20)/t11-/m0/s1. The summed E-state index contributed by atoms with van der Waals surface area (Å²) in [7, 11) is 1.53. The molecule has 0 spiro atoms. The van der Waals surface area contributed by atoms with E-state index < -0.39 is 6.04 Å². The highest BCUT2D eigenvalue weighted by Gasteiger charge is 2.22. The lowest BCUT2D eigenvalue weighted by Crippen LogP contribution is -2.48. The van der Waals surface area contributed by atoms with Crippen LogP contribution in [0.2, 0.25) is 0 Å². The zero-order valence-corrected chi connectivity index (χ0v) is 12.0. The van der Waals surface area contributed by atoms with Crippen LogP contribution in [0.25, 0.3) is 0 Å². The lowest BCUT2D eigenvalue weighted by atomic mass is 10.1. The number of carbonyl (C=O) groups excluding carboxylic acids is 2. The lowest BCUT2D eigenvalue weighted by Gasteiger charge is -2.16. The van der Waals surface area contributed by atoms with Crippen molar-refractivity contribution in [2.45, 2.75) is 31.8 Å². The van der Waals surface area contributed by atoms with Crippen molar-refractivity contribution >= 4 is 11.9 Å². The quantitative estimate of drug-likeness (QED) is 0.756. The number of methoxy groups -OCH3 is 1. The number of hydrogen-bond acceptors (Lipinski definition) is 4. The van der Waals surface area contributed by atoms with E-state index in [4.69, 9.17) is 4.74 Å². The normalized spacial score (nSPS) is 18.3. The molecule has 7 nitrogen and oxygen atoms in total. The van der Waals surface area contributed by atoms with Gasteiger partial charge in [-0.1, -0.05) is 6.07 Å². The SMILES string of the molecule is COc1ncccc1CNC(=O)N[C@H]1CCCCNC1=O. The molecule has 0 bridgehead atoms. The molecule has 3 amide bonds. The maximum absolute atomic E-state index is 11.9. The predicted molar refractivity (Wildman–Crippen MR) is 76.8 cm³/mol. The van der Waals surface area contributed by atoms with Gasteiger partial charge in [0.05, 0.1) is 7.11 Å². The third kappa shape index (κ3) is 4.34. The van der Waals surface area contributed by atoms with Crippen LogP contribution in [0.15, 0.2) is 18.3 Å². The van der Waals surface area contributed by atoms with Crippen LogP contribution in [0.5, 0.6) is 5.88 Å². The maximum atomic E-state index is 11.9. The highest BCUT2D eigenvalue weighted by Crippen LogP contribution is 2.12. The second-order valence-corrected chi connectivity index (χ2v) is 4.84. The van der Waals surface area contributed by atoms with Crippen molar-refractivity contribution in [3.63, 3.8) is 0 Å². The average molecular weight is 292 g/mol. The molecule has 1 atom stereocenters. The number of pyridine rings is 1. The molecule has 0 aromatic carbocycles. The molecule has 0 unspecified atom stereocenters. The molecule has 2 rings (SSSR count). The Morgan fingerprint density at radius 2 is 2.38 bits per heavy atom. The molecule has 2 heterocycles. The van der Waals surface area contributed by atoms with Crippen molar-refractivity contribution in [3.05, 3.63) is 23.9 Å². The van der Waals surface area contributed by atoms with Crippen molar-refractivity contribution in [2.24, 2.45) is 0 Å². The van der Waals surface area contributed by atoms with Gasteiger partial charge in [-0.2, -0.15) is 0 Å². The Kier molecular flexibility index (Phi) is 5.36. The average Bonchev–Trinajstić information content (AvgIpc) is 2.70. The van der Waals surface area contributed by atoms with Gasteiger partial charge in [-0.15, -0.1) is 0 Å². The molecule has 21 heavy (non-hydrogen) atoms. The van der Waals surface area contributed by atoms with Crippen LogP contribution in [0, 0.1) is 0 Å². The Labute approximate surface area is 123 Å². The highest BCUT2D eigenvalue weighted by atomic mass is 16.5. The van der Waals surface area contributed by atoms with Crippen molar-refractivity contribution in [1.82, 2.24) is 20.9 Å². The van der Waals surface area contributed by atoms with Gasteiger partial charge in [0.15, 0.2) is 0 Å². The number of nitrogens with one attached hydrogen (secondary N) is 3. The molecule has 0 aliphatic carbocycles. The minimum atomic E-state index is -0.469. The first-order chi connectivity index (χ1) is 10.2. The number of ether oxygens (including phenoxy) is 1. The van der Waals surface area contributed by atoms with E-state index in [0.717, 1.165) is 18.4 Å². The van der Waals surface area contributed by atoms with Gasteiger partial charge in [0.2, 0.25) is 11.8 Å². The first-order valence-corrected chi connectivity index (χ1v) is 7.00. The van der Waals surface area contributed by atoms with Gasteiger partial charge >= 0.3 is 6.03 Å². The fourth-order valence-electron chi connectivity index (χ4n) is 2.20. The summed E-state index contributed by atoms with van der Waals surface area (Å²) in [5.74, 6) is 0.353. The molecule has 114 valence electrons. The summed E-state index contributed by atoms with van der Waals surface area (Å²) >= 11 is 0. The zero-order chi connectivity index (χ0) is 15.1. The first-order valence-electron chi connectivity index (χ1n) is 7.00. The number of carbonyl (C=O) groups is 2. The summed E-state index contributed by atoms with van der Waals surface area (Å²) < 4.78 is 5.11. The Balaban J connectivity index is 1.85. The summed E-state index contributed by atoms with van der Waals surface area (Å²) in [6, 6.07) is 2.76. The molecule has 1 fully saturated rings. The Bertz CT molecular complexity index is 507. The van der Waals surface area contributed by atoms with E-state index in [0.29, 0.717) is 18.8 Å². The van der Waals surface area contributed by atoms with Gasteiger partial charge in [0.1, 0.15) is 6.04 Å². The van der Waals surface area contributed by atoms with Crippen LogP contribution in [-0.4, -0.2) is 36.6 Å². The molecule has 1 saturated heterocycles. The highest BCUT2D eigenvalue weighted by molar-refractivity contribution is 5.87. The minimum absolute atomic E-state index is 0.124. The maximum Gasteiger partial charge on any atom is 0.315 e. The van der Waals surface area contributed by atoms with Gasteiger partial charge in [0, 0.05) is 24.8 Å². The van der Waals surface area contributed by atoms with E-state index in [-0.39, 0.29) is 18.5 Å². The minimum Gasteiger partial charge on any atom is -0.481 e. The summed E-state index contributed by atoms with van der Waals surface area (Å²) in [4.78, 5) is 27.7. The van der Waals surface area contributed by atoms with Gasteiger partial charge in [0.25, 0.3) is 0 Å². The molecule has 0 radical (unpaired) electrons. The van der Waals surface area contributed by atoms with Gasteiger partial charge < -0.3 is 20.7 Å². The second kappa shape index (κ2) is 7.47. The number of urea groups is 1. The number of rotatable bonds is 4. The zero-order valence-electron chi connectivity index (χ0n) is 12.0. The Hall–Kier alpha value is -2.31. The van der Waals surface area contributed by atoms with Crippen molar-refractivity contribution in [3.8, 4) is 5.88 Å². The topological polar surface area (TPSA) is 92.3 Å². The molecule has 1 aromatic heterocycles. The van der Waals surface area contributed by atoms with Crippen LogP contribution in [0.4, 0.5) is 4.79 Å². The van der Waals surface area contributed by atoms with Gasteiger partial charge in [-0.3, -0.25) is 4.79 Å². The summed E-state index contributed by atoms with van der Waals surface area (Å²) in [6.07, 6.45) is 4.15. The molecule has 3 N–H and O–H groups in total. The molecule has 1 aromatic rings. The summed E-state index contributed by atoms with van der Waals surface area (Å²) in [6.45, 7) is 0.961. The number of amides is 3. The van der Waals surface area contributed by atoms with Crippen molar-refractivity contribution in [2.75, 3.05) is 13.7 Å². The number of hydrogen-bond donors (Lipinski definition) is 3. The smallest absolute Gasteiger partial charge is 0.315 e.